The van der Waals surface area contributed by atoms with Gasteiger partial charge >= 0.3 is 0 Å². The average Bonchev–Trinajstić information content (AvgIpc) is 3.21. The number of fused-ring (bicyclic) bond motifs is 1. The van der Waals surface area contributed by atoms with Crippen molar-refractivity contribution in [2.75, 3.05) is 0 Å². The van der Waals surface area contributed by atoms with E-state index in [1.54, 1.807) is 28.4 Å². The highest BCUT2D eigenvalue weighted by Crippen LogP contribution is 2.18. The van der Waals surface area contributed by atoms with Crippen LogP contribution >= 0.6 is 11.3 Å². The Morgan fingerprint density at radius 1 is 1.00 bits per heavy atom. The molecule has 0 fully saturated rings. The Morgan fingerprint density at radius 2 is 1.82 bits per heavy atom. The molecule has 1 N–H and O–H groups in total. The van der Waals surface area contributed by atoms with Crippen LogP contribution in [-0.2, 0) is 13.1 Å². The van der Waals surface area contributed by atoms with Gasteiger partial charge in [0.2, 0.25) is 0 Å². The van der Waals surface area contributed by atoms with Crippen LogP contribution in [0.5, 0.6) is 0 Å². The molecule has 0 spiro atoms. The van der Waals surface area contributed by atoms with Crippen molar-refractivity contribution in [3.05, 3.63) is 104 Å². The minimum Gasteiger partial charge on any atom is -0.329 e. The number of amides is 1. The molecule has 2 aromatic heterocycles. The first-order valence-corrected chi connectivity index (χ1v) is 9.97. The molecule has 0 atom stereocenters. The van der Waals surface area contributed by atoms with Gasteiger partial charge in [0.1, 0.15) is 0 Å². The van der Waals surface area contributed by atoms with Crippen LogP contribution < -0.4 is 5.56 Å². The number of hydrogen-bond donors (Lipinski definition) is 1. The van der Waals surface area contributed by atoms with Crippen molar-refractivity contribution in [3.63, 3.8) is 0 Å². The van der Waals surface area contributed by atoms with E-state index in [1.165, 1.54) is 0 Å². The molecule has 140 valence electrons. The summed E-state index contributed by atoms with van der Waals surface area (Å²) in [6.07, 6.45) is 0. The molecule has 4 rings (SSSR count). The number of nitrogens with zero attached hydrogens (tertiary/aromatic N) is 1. The number of nitrogens with one attached hydrogen (secondary N) is 1. The predicted molar refractivity (Wildman–Crippen MR) is 114 cm³/mol. The van der Waals surface area contributed by atoms with Crippen LogP contribution in [0.2, 0.25) is 0 Å². The monoisotopic (exact) mass is 388 g/mol. The molecule has 0 aliphatic carbocycles. The first kappa shape index (κ1) is 18.2. The van der Waals surface area contributed by atoms with Gasteiger partial charge in [0.25, 0.3) is 11.5 Å². The van der Waals surface area contributed by atoms with Crippen molar-refractivity contribution in [3.8, 4) is 0 Å². The van der Waals surface area contributed by atoms with E-state index in [4.69, 9.17) is 0 Å². The van der Waals surface area contributed by atoms with Gasteiger partial charge in [-0.15, -0.1) is 11.3 Å². The molecular weight excluding hydrogens is 368 g/mol. The second kappa shape index (κ2) is 7.82. The number of aryl methyl sites for hydroxylation is 1. The third-order valence-electron chi connectivity index (χ3n) is 4.67. The summed E-state index contributed by atoms with van der Waals surface area (Å²) in [5.74, 6) is -0.0857. The summed E-state index contributed by atoms with van der Waals surface area (Å²) in [6, 6.07) is 21.0. The number of carbonyl (C=O) groups excluding carboxylic acids is 1. The zero-order chi connectivity index (χ0) is 19.5. The largest absolute Gasteiger partial charge is 0.329 e. The molecule has 1 amide bonds. The molecule has 2 aromatic carbocycles. The van der Waals surface area contributed by atoms with E-state index in [1.807, 2.05) is 66.9 Å². The Labute approximate surface area is 167 Å². The van der Waals surface area contributed by atoms with Gasteiger partial charge in [-0.2, -0.15) is 0 Å². The molecule has 2 heterocycles. The second-order valence-electron chi connectivity index (χ2n) is 6.82. The molecule has 0 unspecified atom stereocenters. The van der Waals surface area contributed by atoms with Gasteiger partial charge in [-0.05, 0) is 53.6 Å². The summed E-state index contributed by atoms with van der Waals surface area (Å²) in [5.41, 5.74) is 2.95. The lowest BCUT2D eigenvalue weighted by molar-refractivity contribution is 0.0731. The molecule has 0 saturated carbocycles. The maximum absolute atomic E-state index is 13.1. The number of H-pyrrole nitrogens is 1. The van der Waals surface area contributed by atoms with Crippen LogP contribution in [0.4, 0.5) is 0 Å². The Hall–Kier alpha value is -3.18. The molecule has 5 heteroatoms. The average molecular weight is 388 g/mol. The fourth-order valence-electron chi connectivity index (χ4n) is 3.24. The zero-order valence-electron chi connectivity index (χ0n) is 15.5. The van der Waals surface area contributed by atoms with Crippen molar-refractivity contribution in [2.45, 2.75) is 20.0 Å². The van der Waals surface area contributed by atoms with Crippen molar-refractivity contribution in [1.29, 1.82) is 0 Å². The molecule has 28 heavy (non-hydrogen) atoms. The topological polar surface area (TPSA) is 53.2 Å². The molecule has 0 bridgehead atoms. The van der Waals surface area contributed by atoms with Crippen molar-refractivity contribution < 1.29 is 4.79 Å². The number of hydrogen-bond acceptors (Lipinski definition) is 3. The molecule has 0 aliphatic rings. The van der Waals surface area contributed by atoms with Gasteiger partial charge in [0, 0.05) is 21.5 Å². The third kappa shape index (κ3) is 3.89. The van der Waals surface area contributed by atoms with E-state index in [0.29, 0.717) is 17.7 Å². The SMILES string of the molecule is Cc1ccc2cc(CN(Cc3cccs3)C(=O)c3ccccc3)c(=O)[nH]c2c1. The quantitative estimate of drug-likeness (QED) is 0.537. The predicted octanol–water partition coefficient (Wildman–Crippen LogP) is 4.74. The number of rotatable bonds is 5. The second-order valence-corrected chi connectivity index (χ2v) is 7.85. The first-order valence-electron chi connectivity index (χ1n) is 9.09. The smallest absolute Gasteiger partial charge is 0.254 e. The summed E-state index contributed by atoms with van der Waals surface area (Å²) in [7, 11) is 0. The Kier molecular flexibility index (Phi) is 5.08. The van der Waals surface area contributed by atoms with Crippen molar-refractivity contribution >= 4 is 28.1 Å². The van der Waals surface area contributed by atoms with E-state index in [0.717, 1.165) is 21.3 Å². The number of aromatic amines is 1. The molecule has 0 saturated heterocycles. The lowest BCUT2D eigenvalue weighted by Gasteiger charge is -2.22. The normalized spacial score (nSPS) is 10.9. The summed E-state index contributed by atoms with van der Waals surface area (Å²) < 4.78 is 0. The number of carbonyl (C=O) groups is 1. The maximum atomic E-state index is 13.1. The van der Waals surface area contributed by atoms with E-state index < -0.39 is 0 Å². The van der Waals surface area contributed by atoms with E-state index in [9.17, 15) is 9.59 Å². The highest BCUT2D eigenvalue weighted by Gasteiger charge is 2.18. The highest BCUT2D eigenvalue weighted by atomic mass is 32.1. The lowest BCUT2D eigenvalue weighted by Crippen LogP contribution is -2.32. The van der Waals surface area contributed by atoms with Gasteiger partial charge < -0.3 is 9.88 Å². The van der Waals surface area contributed by atoms with Crippen molar-refractivity contribution in [1.82, 2.24) is 9.88 Å². The van der Waals surface area contributed by atoms with E-state index in [2.05, 4.69) is 4.98 Å². The molecule has 4 aromatic rings. The number of benzene rings is 2. The van der Waals surface area contributed by atoms with E-state index in [-0.39, 0.29) is 18.0 Å². The van der Waals surface area contributed by atoms with Crippen LogP contribution in [0.1, 0.15) is 26.4 Å². The van der Waals surface area contributed by atoms with Gasteiger partial charge in [-0.3, -0.25) is 9.59 Å². The zero-order valence-corrected chi connectivity index (χ0v) is 16.3. The molecule has 0 radical (unpaired) electrons. The standard InChI is InChI=1S/C23H20N2O2S/c1-16-9-10-18-13-19(22(26)24-21(18)12-16)14-25(15-20-8-5-11-28-20)23(27)17-6-3-2-4-7-17/h2-13H,14-15H2,1H3,(H,24,26). The van der Waals surface area contributed by atoms with Gasteiger partial charge in [0.15, 0.2) is 0 Å². The Balaban J connectivity index is 1.70. The number of aromatic nitrogens is 1. The summed E-state index contributed by atoms with van der Waals surface area (Å²) in [4.78, 5) is 31.5. The first-order chi connectivity index (χ1) is 13.6. The summed E-state index contributed by atoms with van der Waals surface area (Å²) in [6.45, 7) is 2.72. The Bertz CT molecular complexity index is 1160. The van der Waals surface area contributed by atoms with Gasteiger partial charge in [-0.25, -0.2) is 0 Å². The Morgan fingerprint density at radius 3 is 2.57 bits per heavy atom. The lowest BCUT2D eigenvalue weighted by atomic mass is 10.1. The minimum atomic E-state index is -0.157. The van der Waals surface area contributed by atoms with Crippen molar-refractivity contribution in [2.24, 2.45) is 0 Å². The van der Waals surface area contributed by atoms with E-state index >= 15 is 0 Å². The fraction of sp³-hybridized carbons (Fsp3) is 0.130. The third-order valence-corrected chi connectivity index (χ3v) is 5.54. The number of pyridine rings is 1. The summed E-state index contributed by atoms with van der Waals surface area (Å²) in [5, 5.41) is 2.95. The maximum Gasteiger partial charge on any atom is 0.254 e. The highest BCUT2D eigenvalue weighted by molar-refractivity contribution is 7.09. The molecule has 0 aliphatic heterocycles. The summed E-state index contributed by atoms with van der Waals surface area (Å²) >= 11 is 1.60. The van der Waals surface area contributed by atoms with Crippen LogP contribution in [0.25, 0.3) is 10.9 Å². The minimum absolute atomic E-state index is 0.0857. The van der Waals surface area contributed by atoms with Gasteiger partial charge in [-0.1, -0.05) is 36.4 Å². The van der Waals surface area contributed by atoms with Crippen LogP contribution in [0.3, 0.4) is 0 Å². The van der Waals surface area contributed by atoms with Crippen LogP contribution in [0, 0.1) is 6.92 Å². The molecule has 4 nitrogen and oxygen atoms in total. The van der Waals surface area contributed by atoms with Gasteiger partial charge in [0.05, 0.1) is 13.1 Å². The van der Waals surface area contributed by atoms with Crippen LogP contribution in [-0.4, -0.2) is 15.8 Å². The number of thiophene rings is 1. The molecular formula is C23H20N2O2S. The van der Waals surface area contributed by atoms with Crippen LogP contribution in [0.15, 0.2) is 76.9 Å². The fourth-order valence-corrected chi connectivity index (χ4v) is 3.96.